The summed E-state index contributed by atoms with van der Waals surface area (Å²) in [7, 11) is 1.67. The number of amides is 1. The van der Waals surface area contributed by atoms with Crippen LogP contribution in [-0.4, -0.2) is 47.1 Å². The minimum Gasteiger partial charge on any atom is -0.491 e. The van der Waals surface area contributed by atoms with Crippen molar-refractivity contribution in [2.45, 2.75) is 25.0 Å². The summed E-state index contributed by atoms with van der Waals surface area (Å²) in [6, 6.07) is 7.14. The van der Waals surface area contributed by atoms with Crippen LogP contribution in [0.5, 0.6) is 5.75 Å². The molecule has 3 rings (SSSR count). The first kappa shape index (κ1) is 16.8. The van der Waals surface area contributed by atoms with E-state index in [-0.39, 0.29) is 31.1 Å². The Labute approximate surface area is 145 Å². The van der Waals surface area contributed by atoms with E-state index in [0.29, 0.717) is 17.3 Å². The molecule has 2 atom stereocenters. The van der Waals surface area contributed by atoms with Gasteiger partial charge in [0.25, 0.3) is 0 Å². The number of H-pyrrole nitrogens is 1. The van der Waals surface area contributed by atoms with Crippen molar-refractivity contribution in [2.75, 3.05) is 20.3 Å². The van der Waals surface area contributed by atoms with Crippen LogP contribution in [0.25, 0.3) is 0 Å². The van der Waals surface area contributed by atoms with Crippen LogP contribution < -0.4 is 4.74 Å². The molecule has 0 saturated carbocycles. The summed E-state index contributed by atoms with van der Waals surface area (Å²) in [6.45, 7) is 0.842. The molecule has 0 spiro atoms. The number of hydrogen-bond donors (Lipinski definition) is 1. The number of nitrogens with one attached hydrogen (secondary N) is 1. The van der Waals surface area contributed by atoms with Gasteiger partial charge in [0.05, 0.1) is 30.2 Å². The van der Waals surface area contributed by atoms with Gasteiger partial charge in [-0.1, -0.05) is 23.7 Å². The normalized spacial score (nSPS) is 20.3. The number of carbonyl (C=O) groups excluding carboxylic acids is 1. The summed E-state index contributed by atoms with van der Waals surface area (Å²) in [4.78, 5) is 21.8. The van der Waals surface area contributed by atoms with E-state index in [1.807, 2.05) is 17.0 Å². The number of carbonyl (C=O) groups is 1. The van der Waals surface area contributed by atoms with Crippen molar-refractivity contribution < 1.29 is 14.3 Å². The van der Waals surface area contributed by atoms with E-state index < -0.39 is 0 Å². The van der Waals surface area contributed by atoms with E-state index in [9.17, 15) is 4.79 Å². The highest BCUT2D eigenvalue weighted by Gasteiger charge is 2.37. The number of hydrogen-bond acceptors (Lipinski definition) is 4. The molecule has 1 unspecified atom stereocenters. The second-order valence-corrected chi connectivity index (χ2v) is 6.07. The van der Waals surface area contributed by atoms with Gasteiger partial charge in [-0.05, 0) is 12.1 Å². The predicted octanol–water partition coefficient (Wildman–Crippen LogP) is 2.82. The van der Waals surface area contributed by atoms with Crippen molar-refractivity contribution >= 4 is 17.5 Å². The Morgan fingerprint density at radius 1 is 1.46 bits per heavy atom. The Morgan fingerprint density at radius 2 is 2.29 bits per heavy atom. The molecule has 1 aromatic carbocycles. The summed E-state index contributed by atoms with van der Waals surface area (Å²) >= 11 is 6.05. The molecule has 24 heavy (non-hydrogen) atoms. The van der Waals surface area contributed by atoms with Gasteiger partial charge in [0.15, 0.2) is 0 Å². The van der Waals surface area contributed by atoms with Crippen LogP contribution in [0.2, 0.25) is 5.02 Å². The number of methoxy groups -OCH3 is 1. The molecule has 1 aliphatic heterocycles. The van der Waals surface area contributed by atoms with Gasteiger partial charge in [-0.2, -0.15) is 0 Å². The van der Waals surface area contributed by atoms with Crippen molar-refractivity contribution in [3.05, 3.63) is 47.5 Å². The molecule has 2 aromatic rings. The van der Waals surface area contributed by atoms with Crippen molar-refractivity contribution in [1.29, 1.82) is 0 Å². The fourth-order valence-electron chi connectivity index (χ4n) is 2.92. The molecule has 1 amide bonds. The lowest BCUT2D eigenvalue weighted by atomic mass is 10.2. The van der Waals surface area contributed by atoms with Crippen molar-refractivity contribution in [2.24, 2.45) is 0 Å². The molecule has 1 N–H and O–H groups in total. The molecule has 0 radical (unpaired) electrons. The van der Waals surface area contributed by atoms with Crippen LogP contribution in [0.4, 0.5) is 0 Å². The first-order valence-electron chi connectivity index (χ1n) is 7.88. The van der Waals surface area contributed by atoms with Crippen LogP contribution in [-0.2, 0) is 9.53 Å². The van der Waals surface area contributed by atoms with Gasteiger partial charge in [-0.15, -0.1) is 0 Å². The Bertz CT molecular complexity index is 677. The largest absolute Gasteiger partial charge is 0.491 e. The number of rotatable bonds is 6. The van der Waals surface area contributed by atoms with E-state index >= 15 is 0 Å². The summed E-state index contributed by atoms with van der Waals surface area (Å²) in [5.41, 5.74) is 0. The highest BCUT2D eigenvalue weighted by Crippen LogP contribution is 2.32. The van der Waals surface area contributed by atoms with Gasteiger partial charge in [-0.3, -0.25) is 4.79 Å². The van der Waals surface area contributed by atoms with E-state index in [4.69, 9.17) is 21.1 Å². The minimum absolute atomic E-state index is 0.0167. The predicted molar refractivity (Wildman–Crippen MR) is 90.0 cm³/mol. The molecule has 1 saturated heterocycles. The average molecular weight is 350 g/mol. The second-order valence-electron chi connectivity index (χ2n) is 5.66. The summed E-state index contributed by atoms with van der Waals surface area (Å²) in [5.74, 6) is 1.39. The highest BCUT2D eigenvalue weighted by molar-refractivity contribution is 6.32. The van der Waals surface area contributed by atoms with E-state index in [0.717, 1.165) is 12.2 Å². The molecule has 2 heterocycles. The van der Waals surface area contributed by atoms with E-state index in [1.54, 1.807) is 31.6 Å². The van der Waals surface area contributed by atoms with Gasteiger partial charge < -0.3 is 19.4 Å². The van der Waals surface area contributed by atoms with E-state index in [2.05, 4.69) is 9.97 Å². The van der Waals surface area contributed by atoms with Crippen molar-refractivity contribution in [1.82, 2.24) is 14.9 Å². The first-order valence-corrected chi connectivity index (χ1v) is 8.25. The van der Waals surface area contributed by atoms with Crippen LogP contribution in [0.15, 0.2) is 36.7 Å². The number of para-hydroxylation sites is 1. The zero-order valence-electron chi connectivity index (χ0n) is 13.4. The van der Waals surface area contributed by atoms with Gasteiger partial charge >= 0.3 is 0 Å². The molecule has 6 nitrogen and oxygen atoms in total. The monoisotopic (exact) mass is 349 g/mol. The lowest BCUT2D eigenvalue weighted by Gasteiger charge is -2.23. The fraction of sp³-hybridized carbons (Fsp3) is 0.412. The Balaban J connectivity index is 1.59. The topological polar surface area (TPSA) is 67.5 Å². The number of aromatic amines is 1. The number of imidazole rings is 1. The smallest absolute Gasteiger partial charge is 0.226 e. The van der Waals surface area contributed by atoms with Crippen LogP contribution in [0.3, 0.4) is 0 Å². The molecule has 0 bridgehead atoms. The molecule has 1 aromatic heterocycles. The third-order valence-corrected chi connectivity index (χ3v) is 4.47. The number of ether oxygens (including phenoxy) is 2. The maximum atomic E-state index is 12.6. The van der Waals surface area contributed by atoms with Crippen LogP contribution in [0, 0.1) is 0 Å². The maximum Gasteiger partial charge on any atom is 0.226 e. The molecule has 128 valence electrons. The van der Waals surface area contributed by atoms with Crippen molar-refractivity contribution in [3.63, 3.8) is 0 Å². The molecular formula is C17H20ClN3O3. The molecular weight excluding hydrogens is 330 g/mol. The van der Waals surface area contributed by atoms with Crippen LogP contribution in [0.1, 0.15) is 24.7 Å². The number of aromatic nitrogens is 2. The maximum absolute atomic E-state index is 12.6. The third kappa shape index (κ3) is 3.71. The standard InChI is InChI=1S/C17H20ClN3O3/c1-23-12-10-14(17-19-7-8-20-17)21(11-12)16(22)6-9-24-15-5-3-2-4-13(15)18/h2-5,7-8,12,14H,6,9-11H2,1H3,(H,19,20)/t12-,14?/m1/s1. The summed E-state index contributed by atoms with van der Waals surface area (Å²) < 4.78 is 11.0. The number of nitrogens with zero attached hydrogens (tertiary/aromatic N) is 2. The molecule has 7 heteroatoms. The fourth-order valence-corrected chi connectivity index (χ4v) is 3.11. The lowest BCUT2D eigenvalue weighted by molar-refractivity contribution is -0.133. The van der Waals surface area contributed by atoms with Gasteiger partial charge in [-0.25, -0.2) is 4.98 Å². The zero-order chi connectivity index (χ0) is 16.9. The summed E-state index contributed by atoms with van der Waals surface area (Å²) in [5, 5.41) is 0.541. The minimum atomic E-state index is -0.0854. The summed E-state index contributed by atoms with van der Waals surface area (Å²) in [6.07, 6.45) is 4.49. The molecule has 1 fully saturated rings. The lowest BCUT2D eigenvalue weighted by Crippen LogP contribution is -2.33. The quantitative estimate of drug-likeness (QED) is 0.870. The van der Waals surface area contributed by atoms with Gasteiger partial charge in [0, 0.05) is 32.5 Å². The second kappa shape index (κ2) is 7.68. The Morgan fingerprint density at radius 3 is 3.00 bits per heavy atom. The zero-order valence-corrected chi connectivity index (χ0v) is 14.2. The number of likely N-dealkylation sites (tertiary alicyclic amines) is 1. The average Bonchev–Trinajstić information content (AvgIpc) is 3.25. The Kier molecular flexibility index (Phi) is 5.37. The third-order valence-electron chi connectivity index (χ3n) is 4.16. The molecule has 0 aliphatic carbocycles. The molecule has 1 aliphatic rings. The highest BCUT2D eigenvalue weighted by atomic mass is 35.5. The van der Waals surface area contributed by atoms with Gasteiger partial charge in [0.1, 0.15) is 11.6 Å². The van der Waals surface area contributed by atoms with Crippen LogP contribution >= 0.6 is 11.6 Å². The van der Waals surface area contributed by atoms with Crippen molar-refractivity contribution in [3.8, 4) is 5.75 Å². The number of benzene rings is 1. The van der Waals surface area contributed by atoms with E-state index in [1.165, 1.54) is 0 Å². The first-order chi connectivity index (χ1) is 11.7. The van der Waals surface area contributed by atoms with Gasteiger partial charge in [0.2, 0.25) is 5.91 Å². The SMILES string of the molecule is CO[C@@H]1CC(c2ncc[nH]2)N(C(=O)CCOc2ccccc2Cl)C1. The Hall–Kier alpha value is -2.05. The number of halogens is 1.